The van der Waals surface area contributed by atoms with E-state index in [2.05, 4.69) is 46.2 Å². The highest BCUT2D eigenvalue weighted by atomic mass is 16.1. The van der Waals surface area contributed by atoms with Crippen LogP contribution >= 0.6 is 0 Å². The summed E-state index contributed by atoms with van der Waals surface area (Å²) in [7, 11) is 2.19. The normalized spacial score (nSPS) is 16.1. The molecule has 3 aromatic rings. The van der Waals surface area contributed by atoms with Crippen LogP contribution in [0, 0.1) is 0 Å². The van der Waals surface area contributed by atoms with Crippen molar-refractivity contribution in [2.24, 2.45) is 4.99 Å². The molecule has 1 aromatic heterocycles. The van der Waals surface area contributed by atoms with Gasteiger partial charge >= 0.3 is 0 Å². The van der Waals surface area contributed by atoms with E-state index in [1.54, 1.807) is 17.1 Å². The Hall–Kier alpha value is -2.79. The number of rotatable bonds is 5. The smallest absolute Gasteiger partial charge is 0.261 e. The molecular weight excluding hydrogens is 360 g/mol. The van der Waals surface area contributed by atoms with E-state index in [1.807, 2.05) is 25.1 Å². The Bertz CT molecular complexity index is 1060. The van der Waals surface area contributed by atoms with Crippen LogP contribution in [0.15, 0.2) is 58.6 Å². The fourth-order valence-corrected chi connectivity index (χ4v) is 4.08. The number of aromatic nitrogens is 2. The van der Waals surface area contributed by atoms with Crippen molar-refractivity contribution in [3.05, 3.63) is 64.7 Å². The number of nitrogens with zero attached hydrogens (tertiary/aromatic N) is 4. The monoisotopic (exact) mass is 388 g/mol. The molecule has 1 saturated heterocycles. The summed E-state index contributed by atoms with van der Waals surface area (Å²) in [6.45, 7) is 5.34. The molecule has 0 bridgehead atoms. The zero-order chi connectivity index (χ0) is 20.2. The van der Waals surface area contributed by atoms with Crippen LogP contribution < -0.4 is 5.56 Å². The molecule has 4 rings (SSSR count). The van der Waals surface area contributed by atoms with Gasteiger partial charge in [0.25, 0.3) is 5.56 Å². The van der Waals surface area contributed by atoms with E-state index >= 15 is 0 Å². The molecule has 5 heteroatoms. The van der Waals surface area contributed by atoms with Crippen molar-refractivity contribution in [3.8, 4) is 11.1 Å². The third-order valence-electron chi connectivity index (χ3n) is 5.91. The molecule has 1 aliphatic rings. The second-order valence-corrected chi connectivity index (χ2v) is 7.84. The minimum atomic E-state index is -0.00824. The fraction of sp³-hybridized carbons (Fsp3) is 0.375. The molecule has 1 fully saturated rings. The van der Waals surface area contributed by atoms with Crippen molar-refractivity contribution in [1.82, 2.24) is 14.5 Å². The zero-order valence-corrected chi connectivity index (χ0v) is 17.2. The molecule has 0 spiro atoms. The summed E-state index contributed by atoms with van der Waals surface area (Å²) in [6, 6.07) is 14.8. The Morgan fingerprint density at radius 1 is 1.10 bits per heavy atom. The van der Waals surface area contributed by atoms with Crippen LogP contribution in [-0.4, -0.2) is 47.3 Å². The summed E-state index contributed by atoms with van der Waals surface area (Å²) < 4.78 is 1.64. The molecule has 2 heterocycles. The maximum absolute atomic E-state index is 12.9. The van der Waals surface area contributed by atoms with Gasteiger partial charge in [0.05, 0.1) is 23.8 Å². The highest BCUT2D eigenvalue weighted by Gasteiger charge is 2.18. The van der Waals surface area contributed by atoms with E-state index in [1.165, 1.54) is 31.5 Å². The van der Waals surface area contributed by atoms with Crippen molar-refractivity contribution >= 4 is 17.1 Å². The molecule has 0 atom stereocenters. The molecule has 1 aliphatic heterocycles. The lowest BCUT2D eigenvalue weighted by molar-refractivity contribution is 0.255. The van der Waals surface area contributed by atoms with Gasteiger partial charge in [-0.15, -0.1) is 0 Å². The van der Waals surface area contributed by atoms with Gasteiger partial charge in [-0.2, -0.15) is 0 Å². The first-order valence-electron chi connectivity index (χ1n) is 10.4. The lowest BCUT2D eigenvalue weighted by Gasteiger charge is -2.29. The standard InChI is InChI=1S/C24H28N4O/c1-3-25-12-15-28-17-26-23-9-8-21(16-22(23)24(28)29)19-6-4-18(5-7-19)20-10-13-27(2)14-11-20/h3-9,16-17,20H,10-15H2,1-2H3. The third-order valence-corrected chi connectivity index (χ3v) is 5.91. The van der Waals surface area contributed by atoms with Gasteiger partial charge in [-0.05, 0) is 80.9 Å². The minimum absolute atomic E-state index is 0.00824. The lowest BCUT2D eigenvalue weighted by Crippen LogP contribution is -2.29. The molecule has 0 amide bonds. The van der Waals surface area contributed by atoms with E-state index in [4.69, 9.17) is 0 Å². The molecule has 2 aromatic carbocycles. The van der Waals surface area contributed by atoms with Crippen LogP contribution in [-0.2, 0) is 6.54 Å². The number of aliphatic imine (C=N–C) groups is 1. The van der Waals surface area contributed by atoms with Gasteiger partial charge in [-0.1, -0.05) is 30.3 Å². The molecule has 0 saturated carbocycles. The van der Waals surface area contributed by atoms with Gasteiger partial charge in [-0.25, -0.2) is 4.98 Å². The lowest BCUT2D eigenvalue weighted by atomic mass is 9.88. The summed E-state index contributed by atoms with van der Waals surface area (Å²) in [5.74, 6) is 0.652. The SMILES string of the molecule is CC=NCCn1cnc2ccc(-c3ccc(C4CCN(C)CC4)cc3)cc2c1=O. The molecule has 0 unspecified atom stereocenters. The van der Waals surface area contributed by atoms with Gasteiger partial charge in [0, 0.05) is 6.54 Å². The van der Waals surface area contributed by atoms with E-state index in [9.17, 15) is 4.79 Å². The number of hydrogen-bond acceptors (Lipinski definition) is 4. The summed E-state index contributed by atoms with van der Waals surface area (Å²) in [6.07, 6.45) is 5.82. The maximum atomic E-state index is 12.9. The average Bonchev–Trinajstić information content (AvgIpc) is 2.76. The minimum Gasteiger partial charge on any atom is -0.306 e. The van der Waals surface area contributed by atoms with Crippen LogP contribution in [0.5, 0.6) is 0 Å². The van der Waals surface area contributed by atoms with Crippen molar-refractivity contribution < 1.29 is 0 Å². The number of benzene rings is 2. The molecule has 150 valence electrons. The number of piperidine rings is 1. The summed E-state index contributed by atoms with van der Waals surface area (Å²) >= 11 is 0. The first kappa shape index (κ1) is 19.5. The topological polar surface area (TPSA) is 50.5 Å². The highest BCUT2D eigenvalue weighted by molar-refractivity contribution is 5.83. The molecule has 0 radical (unpaired) electrons. The molecule has 0 aliphatic carbocycles. The Morgan fingerprint density at radius 3 is 2.55 bits per heavy atom. The fourth-order valence-electron chi connectivity index (χ4n) is 4.08. The number of likely N-dealkylation sites (tertiary alicyclic amines) is 1. The molecule has 0 N–H and O–H groups in total. The molecule has 29 heavy (non-hydrogen) atoms. The van der Waals surface area contributed by atoms with E-state index < -0.39 is 0 Å². The van der Waals surface area contributed by atoms with Crippen LogP contribution in [0.25, 0.3) is 22.0 Å². The predicted molar refractivity (Wildman–Crippen MR) is 120 cm³/mol. The first-order chi connectivity index (χ1) is 14.2. The number of fused-ring (bicyclic) bond motifs is 1. The first-order valence-corrected chi connectivity index (χ1v) is 10.4. The third kappa shape index (κ3) is 4.30. The van der Waals surface area contributed by atoms with Crippen LogP contribution in [0.2, 0.25) is 0 Å². The Balaban J connectivity index is 1.60. The zero-order valence-electron chi connectivity index (χ0n) is 17.2. The summed E-state index contributed by atoms with van der Waals surface area (Å²) in [4.78, 5) is 23.9. The van der Waals surface area contributed by atoms with Crippen molar-refractivity contribution in [3.63, 3.8) is 0 Å². The summed E-state index contributed by atoms with van der Waals surface area (Å²) in [5.41, 5.74) is 4.33. The van der Waals surface area contributed by atoms with Gasteiger partial charge in [0.2, 0.25) is 0 Å². The van der Waals surface area contributed by atoms with Crippen molar-refractivity contribution in [2.75, 3.05) is 26.7 Å². The Morgan fingerprint density at radius 2 is 1.83 bits per heavy atom. The number of hydrogen-bond donors (Lipinski definition) is 0. The van der Waals surface area contributed by atoms with E-state index in [0.717, 1.165) is 16.6 Å². The predicted octanol–water partition coefficient (Wildman–Crippen LogP) is 3.96. The van der Waals surface area contributed by atoms with Crippen LogP contribution in [0.3, 0.4) is 0 Å². The quantitative estimate of drug-likeness (QED) is 0.622. The van der Waals surface area contributed by atoms with E-state index in [-0.39, 0.29) is 5.56 Å². The van der Waals surface area contributed by atoms with Gasteiger partial charge in [0.1, 0.15) is 0 Å². The Kier molecular flexibility index (Phi) is 5.86. The second kappa shape index (κ2) is 8.70. The molecule has 5 nitrogen and oxygen atoms in total. The molecular formula is C24H28N4O. The van der Waals surface area contributed by atoms with Gasteiger partial charge in [0.15, 0.2) is 0 Å². The van der Waals surface area contributed by atoms with E-state index in [0.29, 0.717) is 24.4 Å². The van der Waals surface area contributed by atoms with Crippen molar-refractivity contribution in [2.45, 2.75) is 32.2 Å². The largest absolute Gasteiger partial charge is 0.306 e. The highest BCUT2D eigenvalue weighted by Crippen LogP contribution is 2.30. The second-order valence-electron chi connectivity index (χ2n) is 7.84. The van der Waals surface area contributed by atoms with Crippen molar-refractivity contribution in [1.29, 1.82) is 0 Å². The van der Waals surface area contributed by atoms with Crippen LogP contribution in [0.4, 0.5) is 0 Å². The van der Waals surface area contributed by atoms with Gasteiger partial charge < -0.3 is 4.90 Å². The van der Waals surface area contributed by atoms with Crippen LogP contribution in [0.1, 0.15) is 31.2 Å². The Labute approximate surface area is 171 Å². The summed E-state index contributed by atoms with van der Waals surface area (Å²) in [5, 5.41) is 0.657. The van der Waals surface area contributed by atoms with Gasteiger partial charge in [-0.3, -0.25) is 14.4 Å². The average molecular weight is 389 g/mol. The maximum Gasteiger partial charge on any atom is 0.261 e.